The lowest BCUT2D eigenvalue weighted by atomic mass is 9.91. The normalized spacial score (nSPS) is 40.7. The van der Waals surface area contributed by atoms with Gasteiger partial charge < -0.3 is 0 Å². The molecule has 0 aromatic heterocycles. The van der Waals surface area contributed by atoms with E-state index in [2.05, 4.69) is 81.8 Å². The molecule has 8 atom stereocenters. The molecule has 0 N–H and O–H groups in total. The zero-order valence-electron chi connectivity index (χ0n) is 16.3. The molecule has 0 nitrogen and oxygen atoms in total. The Balaban J connectivity index is 0.000000156. The third kappa shape index (κ3) is 4.43. The predicted octanol–water partition coefficient (Wildman–Crippen LogP) is 6.34. The zero-order valence-corrected chi connectivity index (χ0v) is 18.4. The lowest BCUT2D eigenvalue weighted by Gasteiger charge is -2.13. The third-order valence-corrected chi connectivity index (χ3v) is 7.97. The Hall–Kier alpha value is -1.05. The van der Waals surface area contributed by atoms with Crippen molar-refractivity contribution in [1.82, 2.24) is 0 Å². The molecule has 4 bridgehead atoms. The van der Waals surface area contributed by atoms with Gasteiger partial charge in [0.05, 0.1) is 0 Å². The Morgan fingerprint density at radius 1 is 0.808 bits per heavy atom. The molecule has 0 saturated heterocycles. The maximum atomic E-state index is 5.32. The largest absolute Gasteiger partial charge is 0.176 e. The van der Waals surface area contributed by atoms with Crippen LogP contribution in [0.15, 0.2) is 74.9 Å². The second kappa shape index (κ2) is 10.3. The van der Waals surface area contributed by atoms with Gasteiger partial charge in [-0.25, -0.2) is 0 Å². The summed E-state index contributed by atoms with van der Waals surface area (Å²) in [6.07, 6.45) is 20.4. The van der Waals surface area contributed by atoms with E-state index in [9.17, 15) is 0 Å². The minimum atomic E-state index is -0.103. The summed E-state index contributed by atoms with van der Waals surface area (Å²) in [7, 11) is -0.103. The van der Waals surface area contributed by atoms with Crippen LogP contribution in [-0.4, -0.2) is 8.83 Å². The van der Waals surface area contributed by atoms with Crippen LogP contribution in [0.4, 0.5) is 0 Å². The molecule has 4 aliphatic carbocycles. The van der Waals surface area contributed by atoms with Crippen LogP contribution < -0.4 is 0 Å². The van der Waals surface area contributed by atoms with Crippen molar-refractivity contribution in [2.75, 3.05) is 0 Å². The lowest BCUT2D eigenvalue weighted by molar-refractivity contribution is 0.498. The van der Waals surface area contributed by atoms with Crippen molar-refractivity contribution in [3.05, 3.63) is 74.9 Å². The van der Waals surface area contributed by atoms with Gasteiger partial charge in [-0.2, -0.15) is 11.1 Å². The quantitative estimate of drug-likeness (QED) is 0.293. The van der Waals surface area contributed by atoms with Gasteiger partial charge in [-0.1, -0.05) is 61.6 Å². The van der Waals surface area contributed by atoms with Crippen LogP contribution in [0.3, 0.4) is 0 Å². The van der Waals surface area contributed by atoms with E-state index in [4.69, 9.17) is 11.1 Å². The smallest absolute Gasteiger partial charge is 0.125 e. The summed E-state index contributed by atoms with van der Waals surface area (Å²) in [5.41, 5.74) is 0. The summed E-state index contributed by atoms with van der Waals surface area (Å²) in [4.78, 5) is 0. The first-order valence-corrected chi connectivity index (χ1v) is 13.2. The maximum Gasteiger partial charge on any atom is 0.125 e. The highest BCUT2D eigenvalue weighted by molar-refractivity contribution is 6.93. The van der Waals surface area contributed by atoms with Crippen LogP contribution in [0.2, 0.25) is 6.04 Å². The first-order chi connectivity index (χ1) is 12.6. The average molecular weight is 387 g/mol. The van der Waals surface area contributed by atoms with E-state index in [0.29, 0.717) is 23.7 Å². The van der Waals surface area contributed by atoms with E-state index in [0.717, 1.165) is 23.7 Å². The van der Waals surface area contributed by atoms with Crippen molar-refractivity contribution in [2.45, 2.75) is 25.8 Å². The van der Waals surface area contributed by atoms with Crippen molar-refractivity contribution in [3.63, 3.8) is 0 Å². The van der Waals surface area contributed by atoms with E-state index >= 15 is 0 Å². The van der Waals surface area contributed by atoms with Gasteiger partial charge in [0.1, 0.15) is 8.83 Å². The topological polar surface area (TPSA) is 0 Å². The van der Waals surface area contributed by atoms with Crippen LogP contribution in [0, 0.1) is 47.3 Å². The minimum Gasteiger partial charge on any atom is -0.176 e. The molecule has 26 heavy (non-hydrogen) atoms. The molecule has 0 aromatic carbocycles. The Kier molecular flexibility index (Phi) is 8.44. The number of hydrogen-bond donors (Lipinski definition) is 0. The van der Waals surface area contributed by atoms with Gasteiger partial charge in [0.2, 0.25) is 0 Å². The van der Waals surface area contributed by atoms with E-state index in [1.807, 2.05) is 0 Å². The molecule has 0 amide bonds. The molecule has 4 rings (SSSR count). The Labute approximate surface area is 168 Å². The molecule has 142 valence electrons. The van der Waals surface area contributed by atoms with E-state index in [1.165, 1.54) is 18.9 Å². The highest BCUT2D eigenvalue weighted by Gasteiger charge is 2.42. The second-order valence-electron chi connectivity index (χ2n) is 7.84. The summed E-state index contributed by atoms with van der Waals surface area (Å²) in [5.74, 6) is 5.81. The fourth-order valence-corrected chi connectivity index (χ4v) is 5.07. The molecule has 8 unspecified atom stereocenters. The third-order valence-electron chi connectivity index (χ3n) is 6.45. The maximum absolute atomic E-state index is 5.32. The van der Waals surface area contributed by atoms with Crippen molar-refractivity contribution in [1.29, 1.82) is 0 Å². The van der Waals surface area contributed by atoms with E-state index in [-0.39, 0.29) is 8.83 Å². The Morgan fingerprint density at radius 3 is 1.38 bits per heavy atom. The number of rotatable bonds is 5. The highest BCUT2D eigenvalue weighted by Crippen LogP contribution is 2.49. The lowest BCUT2D eigenvalue weighted by Crippen LogP contribution is -2.06. The van der Waals surface area contributed by atoms with Crippen LogP contribution in [0.1, 0.15) is 19.8 Å². The molecule has 0 heterocycles. The first-order valence-electron chi connectivity index (χ1n) is 10.1. The predicted molar refractivity (Wildman–Crippen MR) is 121 cm³/mol. The van der Waals surface area contributed by atoms with Crippen LogP contribution in [-0.2, 0) is 0 Å². The Bertz CT molecular complexity index is 511. The fourth-order valence-electron chi connectivity index (χ4n) is 5.07. The molecular weight excluding hydrogens is 352 g/mol. The van der Waals surface area contributed by atoms with Crippen molar-refractivity contribution in [3.8, 4) is 0 Å². The number of hydrogen-bond acceptors (Lipinski definition) is 0. The van der Waals surface area contributed by atoms with Crippen LogP contribution in [0.5, 0.6) is 0 Å². The highest BCUT2D eigenvalue weighted by atomic mass is 35.6. The monoisotopic (exact) mass is 386 g/mol. The van der Waals surface area contributed by atoms with E-state index < -0.39 is 0 Å². The molecule has 4 aliphatic rings. The summed E-state index contributed by atoms with van der Waals surface area (Å²) in [5, 5.41) is 0. The summed E-state index contributed by atoms with van der Waals surface area (Å²) in [6, 6.07) is 1.22. The van der Waals surface area contributed by atoms with Crippen molar-refractivity contribution in [2.24, 2.45) is 47.3 Å². The summed E-state index contributed by atoms with van der Waals surface area (Å²) in [6.45, 7) is 17.6. The average Bonchev–Trinajstić information content (AvgIpc) is 3.45. The van der Waals surface area contributed by atoms with Crippen molar-refractivity contribution >= 4 is 19.9 Å². The van der Waals surface area contributed by atoms with Gasteiger partial charge in [-0.15, -0.1) is 26.3 Å². The second-order valence-corrected chi connectivity index (χ2v) is 10.3. The molecule has 2 saturated carbocycles. The molecule has 2 fully saturated rings. The van der Waals surface area contributed by atoms with E-state index in [1.54, 1.807) is 0 Å². The standard InChI is InChI=1S/2C11H14.C2H7ClSi/c2*1-3-8-7-9-5-6-11(8)10(9)4-2;1-2-4-3/h2*3-6,8-11H,1-2,7H2;2,4H2,1H3. The first kappa shape index (κ1) is 21.2. The molecule has 0 radical (unpaired) electrons. The van der Waals surface area contributed by atoms with Crippen molar-refractivity contribution < 1.29 is 0 Å². The Morgan fingerprint density at radius 2 is 1.19 bits per heavy atom. The van der Waals surface area contributed by atoms with Crippen LogP contribution in [0.25, 0.3) is 0 Å². The van der Waals surface area contributed by atoms with Crippen LogP contribution >= 0.6 is 11.1 Å². The van der Waals surface area contributed by atoms with Gasteiger partial charge in [0.25, 0.3) is 0 Å². The van der Waals surface area contributed by atoms with Gasteiger partial charge in [-0.05, 0) is 60.2 Å². The number of allylic oxidation sites excluding steroid dienone is 8. The molecule has 0 aliphatic heterocycles. The van der Waals surface area contributed by atoms with Gasteiger partial charge in [-0.3, -0.25) is 0 Å². The fraction of sp³-hybridized carbons (Fsp3) is 0.500. The van der Waals surface area contributed by atoms with Gasteiger partial charge in [0, 0.05) is 0 Å². The molecular formula is C24H35ClSi. The zero-order chi connectivity index (χ0) is 19.1. The van der Waals surface area contributed by atoms with Gasteiger partial charge >= 0.3 is 0 Å². The minimum absolute atomic E-state index is 0.103. The SMILES string of the molecule is C=CC1CC2C=CC1C2C=C.C=CC1CC2C=CC1C2C=C.CC[SiH2]Cl. The molecule has 2 heteroatoms. The molecule has 0 aromatic rings. The molecule has 0 spiro atoms. The van der Waals surface area contributed by atoms with Gasteiger partial charge in [0.15, 0.2) is 0 Å². The summed E-state index contributed by atoms with van der Waals surface area (Å²) >= 11 is 5.32. The number of halogens is 1. The summed E-state index contributed by atoms with van der Waals surface area (Å²) < 4.78 is 0. The number of fused-ring (bicyclic) bond motifs is 4.